The number of carbonyl (C=O) groups is 1. The van der Waals surface area contributed by atoms with Crippen LogP contribution in [-0.2, 0) is 17.8 Å². The number of methoxy groups -OCH3 is 1. The van der Waals surface area contributed by atoms with E-state index in [4.69, 9.17) is 9.72 Å². The Kier molecular flexibility index (Phi) is 6.97. The maximum absolute atomic E-state index is 12.8. The standard InChI is InChI=1S/C32H35N5O2/c1-22-17-30-34-31(24-10-6-11-26(18-24)39-2)29(37(30)20-28(22)27-12-4-3-7-25(27)19-33)21-35-13-15-36(16-14-35)32(38)23-8-5-9-23/h3-4,6-7,10-12,18,20,22-23H,5,8-9,13-17,21H2,1-2H3. The van der Waals surface area contributed by atoms with E-state index in [1.165, 1.54) is 6.42 Å². The first-order valence-corrected chi connectivity index (χ1v) is 14.0. The Morgan fingerprint density at radius 2 is 1.90 bits per heavy atom. The molecule has 0 spiro atoms. The molecule has 0 bridgehead atoms. The first-order chi connectivity index (χ1) is 19.1. The maximum atomic E-state index is 12.8. The fourth-order valence-electron chi connectivity index (χ4n) is 6.04. The molecule has 200 valence electrons. The normalized spacial score (nSPS) is 19.6. The molecule has 1 aromatic heterocycles. The van der Waals surface area contributed by atoms with Crippen LogP contribution in [0.15, 0.2) is 48.5 Å². The Morgan fingerprint density at radius 1 is 1.10 bits per heavy atom. The number of carbonyl (C=O) groups excluding carboxylic acids is 1. The summed E-state index contributed by atoms with van der Waals surface area (Å²) in [6, 6.07) is 18.3. The molecule has 2 aromatic carbocycles. The van der Waals surface area contributed by atoms with E-state index in [9.17, 15) is 10.1 Å². The van der Waals surface area contributed by atoms with Gasteiger partial charge in [-0.3, -0.25) is 9.69 Å². The van der Waals surface area contributed by atoms with Crippen LogP contribution >= 0.6 is 0 Å². The molecule has 0 radical (unpaired) electrons. The van der Waals surface area contributed by atoms with Gasteiger partial charge < -0.3 is 14.2 Å². The van der Waals surface area contributed by atoms with E-state index in [0.717, 1.165) is 91.6 Å². The van der Waals surface area contributed by atoms with Crippen LogP contribution < -0.4 is 4.74 Å². The molecular weight excluding hydrogens is 486 g/mol. The minimum absolute atomic E-state index is 0.237. The fraction of sp³-hybridized carbons (Fsp3) is 0.406. The van der Waals surface area contributed by atoms with Crippen molar-refractivity contribution in [2.45, 2.75) is 39.2 Å². The summed E-state index contributed by atoms with van der Waals surface area (Å²) in [5.41, 5.74) is 5.98. The molecule has 1 aliphatic carbocycles. The molecular formula is C32H35N5O2. The minimum atomic E-state index is 0.237. The van der Waals surface area contributed by atoms with Crippen LogP contribution in [0.3, 0.4) is 0 Å². The van der Waals surface area contributed by atoms with Crippen molar-refractivity contribution in [1.29, 1.82) is 5.26 Å². The Labute approximate surface area is 230 Å². The van der Waals surface area contributed by atoms with Gasteiger partial charge in [0.05, 0.1) is 30.1 Å². The number of nitriles is 1. The predicted octanol–water partition coefficient (Wildman–Crippen LogP) is 5.06. The zero-order chi connectivity index (χ0) is 26.9. The average Bonchev–Trinajstić information content (AvgIpc) is 3.28. The first kappa shape index (κ1) is 25.4. The number of piperazine rings is 1. The molecule has 3 aromatic rings. The van der Waals surface area contributed by atoms with Gasteiger partial charge in [-0.15, -0.1) is 0 Å². The van der Waals surface area contributed by atoms with Crippen LogP contribution in [0.4, 0.5) is 0 Å². The van der Waals surface area contributed by atoms with E-state index in [2.05, 4.69) is 39.6 Å². The second kappa shape index (κ2) is 10.7. The van der Waals surface area contributed by atoms with Gasteiger partial charge in [0.15, 0.2) is 0 Å². The molecule has 2 fully saturated rings. The summed E-state index contributed by atoms with van der Waals surface area (Å²) < 4.78 is 7.78. The number of hydrogen-bond acceptors (Lipinski definition) is 5. The summed E-state index contributed by atoms with van der Waals surface area (Å²) in [7, 11) is 1.69. The van der Waals surface area contributed by atoms with Crippen LogP contribution in [0.2, 0.25) is 0 Å². The van der Waals surface area contributed by atoms with Gasteiger partial charge in [0.2, 0.25) is 5.91 Å². The van der Waals surface area contributed by atoms with Crippen molar-refractivity contribution in [3.05, 3.63) is 71.2 Å². The molecule has 1 amide bonds. The van der Waals surface area contributed by atoms with Crippen LogP contribution in [0, 0.1) is 23.2 Å². The first-order valence-electron chi connectivity index (χ1n) is 14.0. The number of amides is 1. The Hall–Kier alpha value is -3.89. The summed E-state index contributed by atoms with van der Waals surface area (Å²) in [5, 5.41) is 9.77. The monoisotopic (exact) mass is 521 g/mol. The van der Waals surface area contributed by atoms with E-state index in [-0.39, 0.29) is 11.8 Å². The molecule has 1 atom stereocenters. The van der Waals surface area contributed by atoms with Crippen molar-refractivity contribution in [1.82, 2.24) is 19.4 Å². The number of rotatable bonds is 6. The Bertz CT molecular complexity index is 1450. The average molecular weight is 522 g/mol. The third-order valence-corrected chi connectivity index (χ3v) is 8.58. The molecule has 1 saturated heterocycles. The van der Waals surface area contributed by atoms with Crippen molar-refractivity contribution in [2.75, 3.05) is 33.3 Å². The third-order valence-electron chi connectivity index (χ3n) is 8.58. The number of ether oxygens (including phenoxy) is 1. The molecule has 7 heteroatoms. The number of hydrogen-bond donors (Lipinski definition) is 0. The van der Waals surface area contributed by atoms with E-state index in [1.54, 1.807) is 7.11 Å². The van der Waals surface area contributed by atoms with Crippen molar-refractivity contribution in [3.63, 3.8) is 0 Å². The van der Waals surface area contributed by atoms with Gasteiger partial charge in [-0.1, -0.05) is 43.7 Å². The molecule has 3 heterocycles. The lowest BCUT2D eigenvalue weighted by molar-refractivity contribution is -0.140. The zero-order valence-electron chi connectivity index (χ0n) is 22.8. The molecule has 1 unspecified atom stereocenters. The lowest BCUT2D eigenvalue weighted by Crippen LogP contribution is -2.50. The zero-order valence-corrected chi connectivity index (χ0v) is 22.8. The fourth-order valence-corrected chi connectivity index (χ4v) is 6.04. The van der Waals surface area contributed by atoms with Gasteiger partial charge in [-0.05, 0) is 48.1 Å². The van der Waals surface area contributed by atoms with Crippen molar-refractivity contribution < 1.29 is 9.53 Å². The highest BCUT2D eigenvalue weighted by Crippen LogP contribution is 2.37. The van der Waals surface area contributed by atoms with Crippen LogP contribution in [0.5, 0.6) is 5.75 Å². The van der Waals surface area contributed by atoms with Gasteiger partial charge in [0, 0.05) is 56.8 Å². The van der Waals surface area contributed by atoms with Gasteiger partial charge in [-0.2, -0.15) is 5.26 Å². The lowest BCUT2D eigenvalue weighted by atomic mass is 9.84. The number of fused-ring (bicyclic) bond motifs is 1. The Morgan fingerprint density at radius 3 is 2.62 bits per heavy atom. The third kappa shape index (κ3) is 4.86. The summed E-state index contributed by atoms with van der Waals surface area (Å²) in [6.07, 6.45) is 6.27. The van der Waals surface area contributed by atoms with E-state index in [0.29, 0.717) is 11.5 Å². The molecule has 2 aliphatic heterocycles. The number of allylic oxidation sites excluding steroid dienone is 1. The lowest BCUT2D eigenvalue weighted by Gasteiger charge is -2.38. The SMILES string of the molecule is COc1cccc(-c2nc3n(c2CN2CCN(C(=O)C4CCC4)CC2)C=C(c2ccccc2C#N)C(C)C3)c1. The number of nitrogens with zero attached hydrogens (tertiary/aromatic N) is 5. The highest BCUT2D eigenvalue weighted by Gasteiger charge is 2.32. The topological polar surface area (TPSA) is 74.4 Å². The molecule has 1 saturated carbocycles. The minimum Gasteiger partial charge on any atom is -0.497 e. The highest BCUT2D eigenvalue weighted by molar-refractivity contribution is 5.82. The van der Waals surface area contributed by atoms with Crippen molar-refractivity contribution >= 4 is 17.7 Å². The summed E-state index contributed by atoms with van der Waals surface area (Å²) >= 11 is 0. The Balaban J connectivity index is 1.35. The number of imidazole rings is 1. The second-order valence-corrected chi connectivity index (χ2v) is 11.0. The maximum Gasteiger partial charge on any atom is 0.225 e. The van der Waals surface area contributed by atoms with E-state index in [1.807, 2.05) is 42.5 Å². The summed E-state index contributed by atoms with van der Waals surface area (Å²) in [6.45, 7) is 6.20. The van der Waals surface area contributed by atoms with Crippen LogP contribution in [0.25, 0.3) is 23.0 Å². The number of aromatic nitrogens is 2. The van der Waals surface area contributed by atoms with Crippen LogP contribution in [-0.4, -0.2) is 58.5 Å². The molecule has 39 heavy (non-hydrogen) atoms. The van der Waals surface area contributed by atoms with Gasteiger partial charge in [-0.25, -0.2) is 4.98 Å². The van der Waals surface area contributed by atoms with Gasteiger partial charge in [0.1, 0.15) is 11.6 Å². The smallest absolute Gasteiger partial charge is 0.225 e. The predicted molar refractivity (Wildman–Crippen MR) is 152 cm³/mol. The van der Waals surface area contributed by atoms with E-state index >= 15 is 0 Å². The van der Waals surface area contributed by atoms with Gasteiger partial charge >= 0.3 is 0 Å². The second-order valence-electron chi connectivity index (χ2n) is 11.0. The number of benzene rings is 2. The largest absolute Gasteiger partial charge is 0.497 e. The molecule has 0 N–H and O–H groups in total. The van der Waals surface area contributed by atoms with Crippen molar-refractivity contribution in [3.8, 4) is 23.1 Å². The quantitative estimate of drug-likeness (QED) is 0.453. The molecule has 3 aliphatic rings. The van der Waals surface area contributed by atoms with Crippen molar-refractivity contribution in [2.24, 2.45) is 11.8 Å². The molecule has 6 rings (SSSR count). The van der Waals surface area contributed by atoms with E-state index < -0.39 is 0 Å². The molecule has 7 nitrogen and oxygen atoms in total. The van der Waals surface area contributed by atoms with Gasteiger partial charge in [0.25, 0.3) is 0 Å². The summed E-state index contributed by atoms with van der Waals surface area (Å²) in [4.78, 5) is 22.5. The summed E-state index contributed by atoms with van der Waals surface area (Å²) in [5.74, 6) is 2.67. The highest BCUT2D eigenvalue weighted by atomic mass is 16.5. The van der Waals surface area contributed by atoms with Crippen LogP contribution in [0.1, 0.15) is 48.8 Å².